The molecule has 0 spiro atoms. The lowest BCUT2D eigenvalue weighted by atomic mass is 10.1. The Bertz CT molecular complexity index is 682. The van der Waals surface area contributed by atoms with Gasteiger partial charge in [0.05, 0.1) is 17.9 Å². The van der Waals surface area contributed by atoms with Crippen LogP contribution in [0.25, 0.3) is 0 Å². The standard InChI is InChI=1S/C18H17NO3/c20-17-15-10-4-5-11-16(15)19(18(17)21)12-6-7-13-22-14-8-2-1-3-9-14/h1-5,8-11H,6-7,12-13H2. The van der Waals surface area contributed by atoms with Crippen LogP contribution in [0.4, 0.5) is 5.69 Å². The van der Waals surface area contributed by atoms with E-state index < -0.39 is 11.7 Å². The average Bonchev–Trinajstić information content (AvgIpc) is 2.81. The second-order valence-electron chi connectivity index (χ2n) is 5.17. The Morgan fingerprint density at radius 1 is 0.864 bits per heavy atom. The fourth-order valence-corrected chi connectivity index (χ4v) is 2.55. The van der Waals surface area contributed by atoms with Crippen molar-refractivity contribution in [3.8, 4) is 5.75 Å². The summed E-state index contributed by atoms with van der Waals surface area (Å²) in [6.07, 6.45) is 1.62. The largest absolute Gasteiger partial charge is 0.494 e. The van der Waals surface area contributed by atoms with E-state index in [0.29, 0.717) is 18.7 Å². The maximum absolute atomic E-state index is 12.0. The van der Waals surface area contributed by atoms with E-state index in [9.17, 15) is 9.59 Å². The Morgan fingerprint density at radius 3 is 2.41 bits per heavy atom. The van der Waals surface area contributed by atoms with E-state index in [4.69, 9.17) is 4.74 Å². The number of unbranched alkanes of at least 4 members (excludes halogenated alkanes) is 1. The van der Waals surface area contributed by atoms with Crippen LogP contribution in [0, 0.1) is 0 Å². The molecule has 0 N–H and O–H groups in total. The van der Waals surface area contributed by atoms with Crippen LogP contribution in [-0.2, 0) is 4.79 Å². The van der Waals surface area contributed by atoms with Crippen LogP contribution in [0.1, 0.15) is 23.2 Å². The van der Waals surface area contributed by atoms with Gasteiger partial charge < -0.3 is 9.64 Å². The first-order chi connectivity index (χ1) is 10.8. The van der Waals surface area contributed by atoms with Gasteiger partial charge in [-0.3, -0.25) is 9.59 Å². The van der Waals surface area contributed by atoms with Gasteiger partial charge in [-0.1, -0.05) is 30.3 Å². The summed E-state index contributed by atoms with van der Waals surface area (Å²) in [4.78, 5) is 25.4. The Balaban J connectivity index is 1.50. The van der Waals surface area contributed by atoms with E-state index in [1.54, 1.807) is 17.0 Å². The molecule has 0 aliphatic carbocycles. The van der Waals surface area contributed by atoms with E-state index in [1.807, 2.05) is 42.5 Å². The molecule has 2 aromatic carbocycles. The first kappa shape index (κ1) is 14.3. The van der Waals surface area contributed by atoms with Gasteiger partial charge in [0.2, 0.25) is 0 Å². The minimum Gasteiger partial charge on any atom is -0.494 e. The van der Waals surface area contributed by atoms with Crippen molar-refractivity contribution in [1.29, 1.82) is 0 Å². The maximum Gasteiger partial charge on any atom is 0.299 e. The van der Waals surface area contributed by atoms with Crippen LogP contribution in [-0.4, -0.2) is 24.8 Å². The topological polar surface area (TPSA) is 46.6 Å². The number of carbonyl (C=O) groups is 2. The predicted molar refractivity (Wildman–Crippen MR) is 84.3 cm³/mol. The molecule has 1 aliphatic heterocycles. The van der Waals surface area contributed by atoms with Crippen molar-refractivity contribution >= 4 is 17.4 Å². The van der Waals surface area contributed by atoms with Crippen LogP contribution >= 0.6 is 0 Å². The number of ether oxygens (including phenoxy) is 1. The molecule has 0 unspecified atom stereocenters. The molecule has 2 aromatic rings. The average molecular weight is 295 g/mol. The highest BCUT2D eigenvalue weighted by atomic mass is 16.5. The first-order valence-electron chi connectivity index (χ1n) is 7.40. The number of rotatable bonds is 6. The Labute approximate surface area is 129 Å². The lowest BCUT2D eigenvalue weighted by Crippen LogP contribution is -2.30. The van der Waals surface area contributed by atoms with Gasteiger partial charge in [0.25, 0.3) is 11.7 Å². The second-order valence-corrected chi connectivity index (χ2v) is 5.17. The number of hydrogen-bond donors (Lipinski definition) is 0. The number of hydrogen-bond acceptors (Lipinski definition) is 3. The molecule has 0 atom stereocenters. The van der Waals surface area contributed by atoms with Crippen molar-refractivity contribution < 1.29 is 14.3 Å². The van der Waals surface area contributed by atoms with Crippen molar-refractivity contribution in [1.82, 2.24) is 0 Å². The predicted octanol–water partition coefficient (Wildman–Crippen LogP) is 3.08. The molecule has 0 fully saturated rings. The zero-order valence-corrected chi connectivity index (χ0v) is 12.2. The van der Waals surface area contributed by atoms with Gasteiger partial charge in [-0.05, 0) is 37.1 Å². The quantitative estimate of drug-likeness (QED) is 0.608. The summed E-state index contributed by atoms with van der Waals surface area (Å²) >= 11 is 0. The third kappa shape index (κ3) is 2.86. The molecular weight excluding hydrogens is 278 g/mol. The highest BCUT2D eigenvalue weighted by Crippen LogP contribution is 2.28. The van der Waals surface area contributed by atoms with E-state index in [1.165, 1.54) is 0 Å². The number of Topliss-reactive ketones (excluding diaryl/α,β-unsaturated/α-hetero) is 1. The van der Waals surface area contributed by atoms with Gasteiger partial charge in [-0.2, -0.15) is 0 Å². The van der Waals surface area contributed by atoms with Crippen LogP contribution in [0.3, 0.4) is 0 Å². The first-order valence-corrected chi connectivity index (χ1v) is 7.40. The molecule has 112 valence electrons. The summed E-state index contributed by atoms with van der Waals surface area (Å²) in [5.41, 5.74) is 1.23. The van der Waals surface area contributed by atoms with Crippen molar-refractivity contribution in [3.63, 3.8) is 0 Å². The summed E-state index contributed by atoms with van der Waals surface area (Å²) in [6.45, 7) is 1.14. The molecule has 0 saturated heterocycles. The maximum atomic E-state index is 12.0. The Kier molecular flexibility index (Phi) is 4.19. The Morgan fingerprint density at radius 2 is 1.59 bits per heavy atom. The molecule has 0 radical (unpaired) electrons. The van der Waals surface area contributed by atoms with E-state index in [-0.39, 0.29) is 0 Å². The smallest absolute Gasteiger partial charge is 0.299 e. The number of anilines is 1. The number of carbonyl (C=O) groups excluding carboxylic acids is 2. The zero-order valence-electron chi connectivity index (χ0n) is 12.2. The van der Waals surface area contributed by atoms with Crippen molar-refractivity contribution in [2.45, 2.75) is 12.8 Å². The van der Waals surface area contributed by atoms with Gasteiger partial charge in [0.1, 0.15) is 5.75 Å². The van der Waals surface area contributed by atoms with Gasteiger partial charge in [-0.25, -0.2) is 0 Å². The van der Waals surface area contributed by atoms with Crippen LogP contribution in [0.15, 0.2) is 54.6 Å². The van der Waals surface area contributed by atoms with E-state index in [2.05, 4.69) is 0 Å². The minimum atomic E-state index is -0.426. The summed E-state index contributed by atoms with van der Waals surface area (Å²) < 4.78 is 5.62. The highest BCUT2D eigenvalue weighted by Gasteiger charge is 2.34. The van der Waals surface area contributed by atoms with Crippen molar-refractivity contribution in [3.05, 3.63) is 60.2 Å². The third-order valence-corrected chi connectivity index (χ3v) is 3.67. The molecule has 0 saturated carbocycles. The number of nitrogens with zero attached hydrogens (tertiary/aromatic N) is 1. The molecule has 0 aromatic heterocycles. The van der Waals surface area contributed by atoms with Crippen molar-refractivity contribution in [2.75, 3.05) is 18.1 Å². The highest BCUT2D eigenvalue weighted by molar-refractivity contribution is 6.52. The van der Waals surface area contributed by atoms with Crippen molar-refractivity contribution in [2.24, 2.45) is 0 Å². The summed E-state index contributed by atoms with van der Waals surface area (Å²) in [5.74, 6) is 0.0154. The van der Waals surface area contributed by atoms with Crippen LogP contribution in [0.2, 0.25) is 0 Å². The number of amides is 1. The fourth-order valence-electron chi connectivity index (χ4n) is 2.55. The Hall–Kier alpha value is -2.62. The van der Waals surface area contributed by atoms with E-state index >= 15 is 0 Å². The number of ketones is 1. The lowest BCUT2D eigenvalue weighted by molar-refractivity contribution is -0.114. The molecular formula is C18H17NO3. The van der Waals surface area contributed by atoms with Gasteiger partial charge in [-0.15, -0.1) is 0 Å². The molecule has 1 amide bonds. The number of para-hydroxylation sites is 2. The molecule has 22 heavy (non-hydrogen) atoms. The molecule has 1 heterocycles. The molecule has 4 heteroatoms. The number of fused-ring (bicyclic) bond motifs is 1. The fraction of sp³-hybridized carbons (Fsp3) is 0.222. The van der Waals surface area contributed by atoms with Crippen LogP contribution in [0.5, 0.6) is 5.75 Å². The minimum absolute atomic E-state index is 0.406. The van der Waals surface area contributed by atoms with Gasteiger partial charge in [0.15, 0.2) is 0 Å². The molecule has 4 nitrogen and oxygen atoms in total. The summed E-state index contributed by atoms with van der Waals surface area (Å²) in [5, 5.41) is 0. The lowest BCUT2D eigenvalue weighted by Gasteiger charge is -2.16. The summed E-state index contributed by atoms with van der Waals surface area (Å²) in [6, 6.07) is 16.8. The summed E-state index contributed by atoms with van der Waals surface area (Å²) in [7, 11) is 0. The SMILES string of the molecule is O=C1C(=O)N(CCCCOc2ccccc2)c2ccccc21. The van der Waals surface area contributed by atoms with E-state index in [0.717, 1.165) is 24.3 Å². The molecule has 3 rings (SSSR count). The molecule has 1 aliphatic rings. The van der Waals surface area contributed by atoms with Crippen LogP contribution < -0.4 is 9.64 Å². The van der Waals surface area contributed by atoms with Gasteiger partial charge in [0, 0.05) is 6.54 Å². The number of benzene rings is 2. The van der Waals surface area contributed by atoms with Gasteiger partial charge >= 0.3 is 0 Å². The molecule has 0 bridgehead atoms. The second kappa shape index (κ2) is 6.43. The normalized spacial score (nSPS) is 13.4. The zero-order chi connectivity index (χ0) is 15.4. The monoisotopic (exact) mass is 295 g/mol. The third-order valence-electron chi connectivity index (χ3n) is 3.67.